The topological polar surface area (TPSA) is 65.7 Å². The zero-order chi connectivity index (χ0) is 17.8. The molecular formula is C18H36IN5O. The van der Waals surface area contributed by atoms with Gasteiger partial charge in [0.05, 0.1) is 12.2 Å². The minimum Gasteiger partial charge on any atom is -0.361 e. The Morgan fingerprint density at radius 2 is 1.84 bits per heavy atom. The summed E-state index contributed by atoms with van der Waals surface area (Å²) in [6, 6.07) is 0. The Morgan fingerprint density at radius 3 is 2.40 bits per heavy atom. The van der Waals surface area contributed by atoms with Crippen molar-refractivity contribution in [3.8, 4) is 0 Å². The van der Waals surface area contributed by atoms with Crippen LogP contribution in [0.2, 0.25) is 0 Å². The van der Waals surface area contributed by atoms with Crippen LogP contribution in [0.4, 0.5) is 0 Å². The number of halogens is 1. The van der Waals surface area contributed by atoms with E-state index in [1.165, 1.54) is 6.42 Å². The smallest absolute Gasteiger partial charge is 0.191 e. The lowest BCUT2D eigenvalue weighted by atomic mass is 10.1. The summed E-state index contributed by atoms with van der Waals surface area (Å²) < 4.78 is 5.42. The van der Waals surface area contributed by atoms with E-state index in [9.17, 15) is 0 Å². The maximum atomic E-state index is 5.42. The zero-order valence-corrected chi connectivity index (χ0v) is 18.9. The third-order valence-electron chi connectivity index (χ3n) is 4.05. The normalized spacial score (nSPS) is 11.5. The summed E-state index contributed by atoms with van der Waals surface area (Å²) in [7, 11) is 0. The molecule has 1 rings (SSSR count). The van der Waals surface area contributed by atoms with Crippen molar-refractivity contribution in [1.29, 1.82) is 0 Å². The Hall–Kier alpha value is -0.830. The van der Waals surface area contributed by atoms with Crippen LogP contribution in [-0.4, -0.2) is 48.7 Å². The van der Waals surface area contributed by atoms with Gasteiger partial charge in [-0.3, -0.25) is 0 Å². The van der Waals surface area contributed by atoms with E-state index in [2.05, 4.69) is 55.3 Å². The van der Waals surface area contributed by atoms with Gasteiger partial charge < -0.3 is 20.1 Å². The molecule has 1 aromatic heterocycles. The Bertz CT molecular complexity index is 468. The van der Waals surface area contributed by atoms with E-state index in [-0.39, 0.29) is 24.0 Å². The van der Waals surface area contributed by atoms with Gasteiger partial charge in [-0.1, -0.05) is 32.9 Å². The van der Waals surface area contributed by atoms with Gasteiger partial charge in [-0.25, -0.2) is 4.99 Å². The van der Waals surface area contributed by atoms with Crippen molar-refractivity contribution in [3.05, 3.63) is 17.0 Å². The predicted molar refractivity (Wildman–Crippen MR) is 116 cm³/mol. The molecule has 146 valence electrons. The number of guanidine groups is 1. The molecule has 0 saturated heterocycles. The molecule has 6 nitrogen and oxygen atoms in total. The van der Waals surface area contributed by atoms with Crippen LogP contribution in [-0.2, 0) is 19.4 Å². The molecule has 0 amide bonds. The summed E-state index contributed by atoms with van der Waals surface area (Å²) in [5.74, 6) is 1.81. The van der Waals surface area contributed by atoms with Crippen molar-refractivity contribution >= 4 is 29.9 Å². The summed E-state index contributed by atoms with van der Waals surface area (Å²) in [5, 5.41) is 10.9. The van der Waals surface area contributed by atoms with E-state index in [0.29, 0.717) is 6.54 Å². The molecule has 1 heterocycles. The SMILES string of the molecule is CCCN(CC)CCNC(=NCc1c(CC)noc1CC)NCC.I. The lowest BCUT2D eigenvalue weighted by Gasteiger charge is -2.20. The lowest BCUT2D eigenvalue weighted by molar-refractivity contribution is 0.293. The van der Waals surface area contributed by atoms with Crippen LogP contribution in [0.3, 0.4) is 0 Å². The van der Waals surface area contributed by atoms with Crippen molar-refractivity contribution < 1.29 is 4.52 Å². The van der Waals surface area contributed by atoms with Crippen LogP contribution in [0.1, 0.15) is 58.1 Å². The van der Waals surface area contributed by atoms with Crippen molar-refractivity contribution in [2.75, 3.05) is 32.7 Å². The molecule has 0 aliphatic heterocycles. The predicted octanol–water partition coefficient (Wildman–Crippen LogP) is 3.20. The maximum Gasteiger partial charge on any atom is 0.191 e. The van der Waals surface area contributed by atoms with E-state index in [1.54, 1.807) is 0 Å². The van der Waals surface area contributed by atoms with Gasteiger partial charge in [0.25, 0.3) is 0 Å². The first kappa shape index (κ1) is 24.2. The Morgan fingerprint density at radius 1 is 1.08 bits per heavy atom. The van der Waals surface area contributed by atoms with Crippen LogP contribution in [0.15, 0.2) is 9.52 Å². The number of aliphatic imine (C=N–C) groups is 1. The summed E-state index contributed by atoms with van der Waals surface area (Å²) in [4.78, 5) is 7.16. The molecule has 7 heteroatoms. The number of nitrogens with one attached hydrogen (secondary N) is 2. The molecule has 0 radical (unpaired) electrons. The van der Waals surface area contributed by atoms with Gasteiger partial charge in [-0.05, 0) is 32.9 Å². The van der Waals surface area contributed by atoms with Gasteiger partial charge in [0.15, 0.2) is 5.96 Å². The third kappa shape index (κ3) is 8.40. The van der Waals surface area contributed by atoms with E-state index in [1.807, 2.05) is 0 Å². The van der Waals surface area contributed by atoms with Gasteiger partial charge >= 0.3 is 0 Å². The lowest BCUT2D eigenvalue weighted by Crippen LogP contribution is -2.41. The van der Waals surface area contributed by atoms with Gasteiger partial charge in [-0.2, -0.15) is 0 Å². The second kappa shape index (κ2) is 14.4. The summed E-state index contributed by atoms with van der Waals surface area (Å²) in [5.41, 5.74) is 2.16. The molecule has 1 aromatic rings. The first-order valence-electron chi connectivity index (χ1n) is 9.40. The molecule has 0 aromatic carbocycles. The number of aryl methyl sites for hydroxylation is 2. The molecule has 0 aliphatic carbocycles. The van der Waals surface area contributed by atoms with E-state index in [0.717, 1.165) is 68.5 Å². The minimum absolute atomic E-state index is 0. The zero-order valence-electron chi connectivity index (χ0n) is 16.5. The van der Waals surface area contributed by atoms with E-state index in [4.69, 9.17) is 9.52 Å². The number of aromatic nitrogens is 1. The Kier molecular flexibility index (Phi) is 13.9. The quantitative estimate of drug-likeness (QED) is 0.299. The number of hydrogen-bond acceptors (Lipinski definition) is 4. The molecule has 0 saturated carbocycles. The monoisotopic (exact) mass is 465 g/mol. The average molecular weight is 465 g/mol. The van der Waals surface area contributed by atoms with Gasteiger partial charge in [0.2, 0.25) is 0 Å². The van der Waals surface area contributed by atoms with Gasteiger partial charge in [0.1, 0.15) is 5.76 Å². The van der Waals surface area contributed by atoms with Crippen molar-refractivity contribution in [2.45, 2.75) is 60.4 Å². The van der Waals surface area contributed by atoms with Crippen LogP contribution in [0.5, 0.6) is 0 Å². The molecule has 25 heavy (non-hydrogen) atoms. The molecule has 0 atom stereocenters. The molecule has 0 fully saturated rings. The highest BCUT2D eigenvalue weighted by Crippen LogP contribution is 2.16. The highest BCUT2D eigenvalue weighted by molar-refractivity contribution is 14.0. The number of likely N-dealkylation sites (N-methyl/N-ethyl adjacent to an activating group) is 1. The highest BCUT2D eigenvalue weighted by atomic mass is 127. The average Bonchev–Trinajstić information content (AvgIpc) is 3.00. The first-order valence-corrected chi connectivity index (χ1v) is 9.40. The highest BCUT2D eigenvalue weighted by Gasteiger charge is 2.13. The van der Waals surface area contributed by atoms with Crippen molar-refractivity contribution in [2.24, 2.45) is 4.99 Å². The van der Waals surface area contributed by atoms with Crippen LogP contribution < -0.4 is 10.6 Å². The van der Waals surface area contributed by atoms with Crippen LogP contribution in [0.25, 0.3) is 0 Å². The van der Waals surface area contributed by atoms with Crippen molar-refractivity contribution in [3.63, 3.8) is 0 Å². The fourth-order valence-corrected chi connectivity index (χ4v) is 2.69. The molecular weight excluding hydrogens is 429 g/mol. The minimum atomic E-state index is 0. The molecule has 0 unspecified atom stereocenters. The van der Waals surface area contributed by atoms with Crippen LogP contribution in [0, 0.1) is 0 Å². The fourth-order valence-electron chi connectivity index (χ4n) is 2.69. The molecule has 0 aliphatic rings. The first-order chi connectivity index (χ1) is 11.7. The van der Waals surface area contributed by atoms with Crippen molar-refractivity contribution in [1.82, 2.24) is 20.7 Å². The van der Waals surface area contributed by atoms with Crippen LogP contribution >= 0.6 is 24.0 Å². The van der Waals surface area contributed by atoms with Gasteiger partial charge in [-0.15, -0.1) is 24.0 Å². The molecule has 0 bridgehead atoms. The van der Waals surface area contributed by atoms with Gasteiger partial charge in [0, 0.05) is 31.6 Å². The maximum absolute atomic E-state index is 5.42. The molecule has 0 spiro atoms. The van der Waals surface area contributed by atoms with E-state index >= 15 is 0 Å². The second-order valence-electron chi connectivity index (χ2n) is 5.79. The number of nitrogens with zero attached hydrogens (tertiary/aromatic N) is 3. The second-order valence-corrected chi connectivity index (χ2v) is 5.79. The summed E-state index contributed by atoms with van der Waals surface area (Å²) in [6.07, 6.45) is 2.92. The fraction of sp³-hybridized carbons (Fsp3) is 0.778. The number of rotatable bonds is 11. The summed E-state index contributed by atoms with van der Waals surface area (Å²) in [6.45, 7) is 16.3. The number of hydrogen-bond donors (Lipinski definition) is 2. The third-order valence-corrected chi connectivity index (χ3v) is 4.05. The Balaban J connectivity index is 0.00000576. The molecule has 2 N–H and O–H groups in total. The summed E-state index contributed by atoms with van der Waals surface area (Å²) >= 11 is 0. The largest absolute Gasteiger partial charge is 0.361 e. The Labute approximate surface area is 170 Å². The van der Waals surface area contributed by atoms with E-state index < -0.39 is 0 Å². The standard InChI is InChI=1S/C18H35N5O.HI/c1-6-12-23(10-5)13-11-20-18(19-9-4)21-14-15-16(7-2)22-24-17(15)8-3;/h6-14H2,1-5H3,(H2,19,20,21);1H.